The molecule has 0 aromatic carbocycles. The van der Waals surface area contributed by atoms with Gasteiger partial charge in [0.1, 0.15) is 4.21 Å². The van der Waals surface area contributed by atoms with Gasteiger partial charge in [0.2, 0.25) is 10.0 Å². The smallest absolute Gasteiger partial charge is 0.250 e. The monoisotopic (exact) mass is 325 g/mol. The van der Waals surface area contributed by atoms with Crippen LogP contribution >= 0.6 is 11.3 Å². The van der Waals surface area contributed by atoms with Gasteiger partial charge in [-0.25, -0.2) is 13.1 Å². The van der Waals surface area contributed by atoms with Crippen LogP contribution < -0.4 is 10.0 Å². The zero-order chi connectivity index (χ0) is 15.3. The van der Waals surface area contributed by atoms with Gasteiger partial charge in [-0.1, -0.05) is 19.9 Å². The Morgan fingerprint density at radius 1 is 1.19 bits per heavy atom. The van der Waals surface area contributed by atoms with Crippen molar-refractivity contribution >= 4 is 21.4 Å². The molecule has 21 heavy (non-hydrogen) atoms. The Labute approximate surface area is 129 Å². The van der Waals surface area contributed by atoms with E-state index in [1.807, 2.05) is 12.1 Å². The van der Waals surface area contributed by atoms with E-state index in [4.69, 9.17) is 0 Å². The molecule has 0 fully saturated rings. The van der Waals surface area contributed by atoms with Gasteiger partial charge in [-0.2, -0.15) is 0 Å². The standard InChI is InChI=1S/C14H19N3O2S2/c1-11(2)16-10-13-6-7-14(20-13)21(18,19)17-9-12-5-3-4-8-15-12/h3-8,11,16-17H,9-10H2,1-2H3. The minimum Gasteiger partial charge on any atom is -0.310 e. The number of rotatable bonds is 7. The number of nitrogens with one attached hydrogen (secondary N) is 2. The lowest BCUT2D eigenvalue weighted by Gasteiger charge is -2.06. The molecule has 0 aliphatic heterocycles. The molecule has 5 nitrogen and oxygen atoms in total. The lowest BCUT2D eigenvalue weighted by Crippen LogP contribution is -2.23. The Morgan fingerprint density at radius 2 is 2.00 bits per heavy atom. The third kappa shape index (κ3) is 4.89. The van der Waals surface area contributed by atoms with E-state index >= 15 is 0 Å². The molecule has 2 rings (SSSR count). The molecule has 0 aliphatic rings. The maximum atomic E-state index is 12.2. The van der Waals surface area contributed by atoms with Crippen LogP contribution in [0.4, 0.5) is 0 Å². The second kappa shape index (κ2) is 7.13. The van der Waals surface area contributed by atoms with Crippen LogP contribution in [0.3, 0.4) is 0 Å². The molecule has 2 aromatic rings. The fourth-order valence-electron chi connectivity index (χ4n) is 1.65. The van der Waals surface area contributed by atoms with E-state index in [1.165, 1.54) is 11.3 Å². The third-order valence-corrected chi connectivity index (χ3v) is 5.73. The summed E-state index contributed by atoms with van der Waals surface area (Å²) in [6.45, 7) is 4.98. The van der Waals surface area contributed by atoms with Gasteiger partial charge in [0.15, 0.2) is 0 Å². The van der Waals surface area contributed by atoms with Crippen molar-refractivity contribution < 1.29 is 8.42 Å². The molecule has 0 saturated carbocycles. The molecule has 0 aliphatic carbocycles. The van der Waals surface area contributed by atoms with Crippen molar-refractivity contribution in [3.63, 3.8) is 0 Å². The summed E-state index contributed by atoms with van der Waals surface area (Å²) < 4.78 is 27.3. The molecule has 0 bridgehead atoms. The molecule has 2 N–H and O–H groups in total. The maximum absolute atomic E-state index is 12.2. The van der Waals surface area contributed by atoms with Gasteiger partial charge in [-0.3, -0.25) is 4.98 Å². The van der Waals surface area contributed by atoms with Gasteiger partial charge in [0, 0.05) is 23.7 Å². The second-order valence-electron chi connectivity index (χ2n) is 4.90. The first-order chi connectivity index (χ1) is 9.97. The fourth-order valence-corrected chi connectivity index (χ4v) is 4.00. The molecule has 0 spiro atoms. The van der Waals surface area contributed by atoms with Crippen LogP contribution in [0.15, 0.2) is 40.7 Å². The minimum absolute atomic E-state index is 0.195. The quantitative estimate of drug-likeness (QED) is 0.818. The molecule has 0 amide bonds. The molecule has 0 saturated heterocycles. The Kier molecular flexibility index (Phi) is 5.46. The number of thiophene rings is 1. The Hall–Kier alpha value is -1.28. The van der Waals surface area contributed by atoms with Crippen LogP contribution in [-0.4, -0.2) is 19.4 Å². The van der Waals surface area contributed by atoms with Crippen LogP contribution in [0, 0.1) is 0 Å². The minimum atomic E-state index is -3.48. The summed E-state index contributed by atoms with van der Waals surface area (Å²) in [4.78, 5) is 5.10. The second-order valence-corrected chi connectivity index (χ2v) is 8.06. The number of nitrogens with zero attached hydrogens (tertiary/aromatic N) is 1. The molecule has 7 heteroatoms. The number of pyridine rings is 1. The van der Waals surface area contributed by atoms with Gasteiger partial charge in [-0.05, 0) is 24.3 Å². The molecule has 2 aromatic heterocycles. The van der Waals surface area contributed by atoms with Crippen LogP contribution in [0.2, 0.25) is 0 Å². The van der Waals surface area contributed by atoms with Gasteiger partial charge >= 0.3 is 0 Å². The van der Waals surface area contributed by atoms with Crippen molar-refractivity contribution in [2.75, 3.05) is 0 Å². The highest BCUT2D eigenvalue weighted by Gasteiger charge is 2.16. The van der Waals surface area contributed by atoms with Crippen LogP contribution in [0.1, 0.15) is 24.4 Å². The summed E-state index contributed by atoms with van der Waals surface area (Å²) in [6, 6.07) is 9.27. The normalized spacial score (nSPS) is 12.0. The highest BCUT2D eigenvalue weighted by molar-refractivity contribution is 7.91. The largest absolute Gasteiger partial charge is 0.310 e. The maximum Gasteiger partial charge on any atom is 0.250 e. The summed E-state index contributed by atoms with van der Waals surface area (Å²) >= 11 is 1.28. The van der Waals surface area contributed by atoms with Gasteiger partial charge in [-0.15, -0.1) is 11.3 Å². The van der Waals surface area contributed by atoms with Crippen LogP contribution in [0.25, 0.3) is 0 Å². The van der Waals surface area contributed by atoms with E-state index in [0.29, 0.717) is 22.5 Å². The zero-order valence-electron chi connectivity index (χ0n) is 12.0. The number of sulfonamides is 1. The molecular formula is C14H19N3O2S2. The molecule has 114 valence electrons. The van der Waals surface area contributed by atoms with Crippen molar-refractivity contribution in [3.8, 4) is 0 Å². The molecule has 2 heterocycles. The van der Waals surface area contributed by atoms with Crippen molar-refractivity contribution in [1.82, 2.24) is 15.0 Å². The number of hydrogen-bond acceptors (Lipinski definition) is 5. The van der Waals surface area contributed by atoms with E-state index in [2.05, 4.69) is 28.9 Å². The highest BCUT2D eigenvalue weighted by Crippen LogP contribution is 2.21. The first-order valence-electron chi connectivity index (χ1n) is 6.69. The summed E-state index contributed by atoms with van der Waals surface area (Å²) in [7, 11) is -3.48. The predicted octanol–water partition coefficient (Wildman–Crippen LogP) is 2.12. The molecule has 0 unspecified atom stereocenters. The van der Waals surface area contributed by atoms with E-state index < -0.39 is 10.0 Å². The Bertz CT molecular complexity index is 667. The third-order valence-electron chi connectivity index (χ3n) is 2.76. The van der Waals surface area contributed by atoms with Gasteiger partial charge < -0.3 is 5.32 Å². The predicted molar refractivity (Wildman–Crippen MR) is 84.6 cm³/mol. The van der Waals surface area contributed by atoms with E-state index in [1.54, 1.807) is 24.4 Å². The average molecular weight is 325 g/mol. The summed E-state index contributed by atoms with van der Waals surface area (Å²) in [5.41, 5.74) is 0.694. The van der Waals surface area contributed by atoms with Gasteiger partial charge in [0.25, 0.3) is 0 Å². The zero-order valence-corrected chi connectivity index (χ0v) is 13.7. The summed E-state index contributed by atoms with van der Waals surface area (Å²) in [5.74, 6) is 0. The molecular weight excluding hydrogens is 306 g/mol. The van der Waals surface area contributed by atoms with E-state index in [9.17, 15) is 8.42 Å². The van der Waals surface area contributed by atoms with Crippen molar-refractivity contribution in [1.29, 1.82) is 0 Å². The SMILES string of the molecule is CC(C)NCc1ccc(S(=O)(=O)NCc2ccccn2)s1. The summed E-state index contributed by atoms with van der Waals surface area (Å²) in [6.07, 6.45) is 1.64. The van der Waals surface area contributed by atoms with Crippen LogP contribution in [0.5, 0.6) is 0 Å². The fraction of sp³-hybridized carbons (Fsp3) is 0.357. The number of aromatic nitrogens is 1. The highest BCUT2D eigenvalue weighted by atomic mass is 32.2. The van der Waals surface area contributed by atoms with E-state index in [0.717, 1.165) is 4.88 Å². The van der Waals surface area contributed by atoms with Crippen LogP contribution in [-0.2, 0) is 23.1 Å². The van der Waals surface area contributed by atoms with E-state index in [-0.39, 0.29) is 6.54 Å². The Balaban J connectivity index is 1.99. The lowest BCUT2D eigenvalue weighted by molar-refractivity contribution is 0.582. The Morgan fingerprint density at radius 3 is 2.67 bits per heavy atom. The first-order valence-corrected chi connectivity index (χ1v) is 8.99. The molecule has 0 radical (unpaired) electrons. The average Bonchev–Trinajstić information content (AvgIpc) is 2.94. The van der Waals surface area contributed by atoms with Gasteiger partial charge in [0.05, 0.1) is 12.2 Å². The first kappa shape index (κ1) is 16.1. The topological polar surface area (TPSA) is 71.1 Å². The van der Waals surface area contributed by atoms with Crippen molar-refractivity contribution in [2.24, 2.45) is 0 Å². The molecule has 0 atom stereocenters. The van der Waals surface area contributed by atoms with Crippen molar-refractivity contribution in [3.05, 3.63) is 47.1 Å². The summed E-state index contributed by atoms with van der Waals surface area (Å²) in [5, 5.41) is 3.27. The number of hydrogen-bond donors (Lipinski definition) is 2. The van der Waals surface area contributed by atoms with Crippen molar-refractivity contribution in [2.45, 2.75) is 37.2 Å². The lowest BCUT2D eigenvalue weighted by atomic mass is 10.4.